The molecule has 25 heavy (non-hydrogen) atoms. The third kappa shape index (κ3) is 3.13. The highest BCUT2D eigenvalue weighted by Gasteiger charge is 2.33. The number of fused-ring (bicyclic) bond motifs is 1. The molecule has 2 aliphatic heterocycles. The Balaban J connectivity index is 1.48. The van der Waals surface area contributed by atoms with Crippen LogP contribution in [0, 0.1) is 5.92 Å². The van der Waals surface area contributed by atoms with Crippen LogP contribution in [0.5, 0.6) is 0 Å². The van der Waals surface area contributed by atoms with E-state index in [0.717, 1.165) is 24.2 Å². The van der Waals surface area contributed by atoms with E-state index in [1.807, 2.05) is 0 Å². The lowest BCUT2D eigenvalue weighted by molar-refractivity contribution is -0.137. The third-order valence-corrected chi connectivity index (χ3v) is 4.88. The van der Waals surface area contributed by atoms with Crippen LogP contribution >= 0.6 is 0 Å². The zero-order valence-corrected chi connectivity index (χ0v) is 13.7. The van der Waals surface area contributed by atoms with E-state index in [2.05, 4.69) is 15.3 Å². The topological polar surface area (TPSA) is 115 Å². The number of imide groups is 1. The Labute approximate surface area is 143 Å². The number of amides is 4. The number of nitrogens with one attached hydrogen (secondary N) is 2. The van der Waals surface area contributed by atoms with Crippen molar-refractivity contribution in [2.45, 2.75) is 32.2 Å². The Kier molecular flexibility index (Phi) is 3.78. The molecule has 2 N–H and O–H groups in total. The zero-order chi connectivity index (χ0) is 17.6. The maximum atomic E-state index is 12.5. The largest absolute Gasteiger partial charge is 0.335 e. The van der Waals surface area contributed by atoms with Crippen LogP contribution in [0.2, 0.25) is 0 Å². The Hall–Kier alpha value is -2.71. The number of carbonyl (C=O) groups is 3. The smallest absolute Gasteiger partial charge is 0.325 e. The highest BCUT2D eigenvalue weighted by atomic mass is 16.2. The molecule has 9 nitrogen and oxygen atoms in total. The van der Waals surface area contributed by atoms with Gasteiger partial charge >= 0.3 is 6.03 Å². The van der Waals surface area contributed by atoms with Crippen LogP contribution in [-0.4, -0.2) is 57.2 Å². The molecule has 0 aromatic carbocycles. The molecule has 0 unspecified atom stereocenters. The molecule has 0 bridgehead atoms. The van der Waals surface area contributed by atoms with E-state index in [4.69, 9.17) is 0 Å². The predicted molar refractivity (Wildman–Crippen MR) is 85.5 cm³/mol. The Morgan fingerprint density at radius 3 is 2.72 bits per heavy atom. The molecule has 4 rings (SSSR count). The zero-order valence-electron chi connectivity index (χ0n) is 13.7. The lowest BCUT2D eigenvalue weighted by Crippen LogP contribution is -2.46. The van der Waals surface area contributed by atoms with Gasteiger partial charge in [-0.2, -0.15) is 0 Å². The minimum absolute atomic E-state index is 0.0730. The molecule has 1 saturated heterocycles. The van der Waals surface area contributed by atoms with Gasteiger partial charge in [0.05, 0.1) is 18.8 Å². The molecular weight excluding hydrogens is 326 g/mol. The van der Waals surface area contributed by atoms with Gasteiger partial charge in [0.1, 0.15) is 12.4 Å². The second-order valence-corrected chi connectivity index (χ2v) is 6.79. The van der Waals surface area contributed by atoms with Gasteiger partial charge in [0.2, 0.25) is 5.91 Å². The van der Waals surface area contributed by atoms with Gasteiger partial charge in [0, 0.05) is 18.5 Å². The fourth-order valence-electron chi connectivity index (χ4n) is 3.25. The molecule has 0 radical (unpaired) electrons. The second-order valence-electron chi connectivity index (χ2n) is 6.79. The van der Waals surface area contributed by atoms with E-state index in [-0.39, 0.29) is 31.1 Å². The first-order valence-corrected chi connectivity index (χ1v) is 8.48. The van der Waals surface area contributed by atoms with Gasteiger partial charge in [0.15, 0.2) is 0 Å². The van der Waals surface area contributed by atoms with Crippen molar-refractivity contribution in [3.05, 3.63) is 27.4 Å². The molecule has 3 heterocycles. The molecule has 1 saturated carbocycles. The Morgan fingerprint density at radius 2 is 2.04 bits per heavy atom. The number of H-pyrrole nitrogens is 1. The van der Waals surface area contributed by atoms with E-state index >= 15 is 0 Å². The number of hydrogen-bond donors (Lipinski definition) is 2. The first-order valence-electron chi connectivity index (χ1n) is 8.48. The average molecular weight is 345 g/mol. The summed E-state index contributed by atoms with van der Waals surface area (Å²) in [7, 11) is 0. The molecular formula is C16H19N5O4. The van der Waals surface area contributed by atoms with Gasteiger partial charge in [-0.1, -0.05) is 0 Å². The number of rotatable bonds is 4. The van der Waals surface area contributed by atoms with Crippen LogP contribution in [0.4, 0.5) is 4.79 Å². The maximum absolute atomic E-state index is 12.5. The van der Waals surface area contributed by atoms with Crippen molar-refractivity contribution in [2.24, 2.45) is 5.92 Å². The summed E-state index contributed by atoms with van der Waals surface area (Å²) in [5.41, 5.74) is 1.12. The summed E-state index contributed by atoms with van der Waals surface area (Å²) in [6.07, 6.45) is 3.51. The van der Waals surface area contributed by atoms with E-state index in [1.165, 1.54) is 0 Å². The SMILES string of the molecule is O=C(CN1C(=O)CNC1=O)N1CCc2c(nc(CC3CC3)[nH]c2=O)C1. The van der Waals surface area contributed by atoms with Crippen LogP contribution in [0.15, 0.2) is 4.79 Å². The summed E-state index contributed by atoms with van der Waals surface area (Å²) in [6, 6.07) is -0.544. The summed E-state index contributed by atoms with van der Waals surface area (Å²) in [5.74, 6) is 0.552. The fraction of sp³-hybridized carbons (Fsp3) is 0.562. The minimum Gasteiger partial charge on any atom is -0.335 e. The fourth-order valence-corrected chi connectivity index (χ4v) is 3.25. The van der Waals surface area contributed by atoms with Crippen molar-refractivity contribution in [1.29, 1.82) is 0 Å². The molecule has 132 valence electrons. The molecule has 0 spiro atoms. The highest BCUT2D eigenvalue weighted by Crippen LogP contribution is 2.31. The molecule has 3 aliphatic rings. The van der Waals surface area contributed by atoms with Crippen LogP contribution in [0.25, 0.3) is 0 Å². The molecule has 1 aliphatic carbocycles. The third-order valence-electron chi connectivity index (χ3n) is 4.88. The number of nitrogens with zero attached hydrogens (tertiary/aromatic N) is 3. The number of aromatic nitrogens is 2. The summed E-state index contributed by atoms with van der Waals surface area (Å²) in [6.45, 7) is 0.260. The number of carbonyl (C=O) groups excluding carboxylic acids is 3. The molecule has 2 fully saturated rings. The van der Waals surface area contributed by atoms with E-state index in [1.54, 1.807) is 4.90 Å². The quantitative estimate of drug-likeness (QED) is 0.690. The summed E-state index contributed by atoms with van der Waals surface area (Å²) in [4.78, 5) is 57.7. The van der Waals surface area contributed by atoms with Crippen molar-refractivity contribution in [1.82, 2.24) is 25.1 Å². The highest BCUT2D eigenvalue weighted by molar-refractivity contribution is 6.04. The standard InChI is InChI=1S/C16H19N5O4/c22-13-6-17-16(25)21(13)8-14(23)20-4-3-10-11(7-20)18-12(19-15(10)24)5-9-1-2-9/h9H,1-8H2,(H,17,25)(H,18,19,24). The number of urea groups is 1. The molecule has 4 amide bonds. The number of aromatic amines is 1. The van der Waals surface area contributed by atoms with Crippen LogP contribution in [0.3, 0.4) is 0 Å². The van der Waals surface area contributed by atoms with Gasteiger partial charge in [-0.05, 0) is 25.2 Å². The Morgan fingerprint density at radius 1 is 1.24 bits per heavy atom. The van der Waals surface area contributed by atoms with Crippen molar-refractivity contribution in [2.75, 3.05) is 19.6 Å². The lowest BCUT2D eigenvalue weighted by atomic mass is 10.1. The molecule has 1 aromatic heterocycles. The lowest BCUT2D eigenvalue weighted by Gasteiger charge is -2.29. The van der Waals surface area contributed by atoms with Crippen LogP contribution < -0.4 is 10.9 Å². The monoisotopic (exact) mass is 345 g/mol. The van der Waals surface area contributed by atoms with Gasteiger partial charge < -0.3 is 15.2 Å². The van der Waals surface area contributed by atoms with Crippen molar-refractivity contribution in [3.63, 3.8) is 0 Å². The minimum atomic E-state index is -0.544. The summed E-state index contributed by atoms with van der Waals surface area (Å²) >= 11 is 0. The average Bonchev–Trinajstić information content (AvgIpc) is 3.34. The first kappa shape index (κ1) is 15.8. The van der Waals surface area contributed by atoms with Crippen LogP contribution in [-0.2, 0) is 29.0 Å². The summed E-state index contributed by atoms with van der Waals surface area (Å²) in [5, 5.41) is 2.39. The van der Waals surface area contributed by atoms with E-state index in [0.29, 0.717) is 36.0 Å². The van der Waals surface area contributed by atoms with Crippen molar-refractivity contribution >= 4 is 17.8 Å². The molecule has 0 atom stereocenters. The van der Waals surface area contributed by atoms with Gasteiger partial charge in [-0.25, -0.2) is 9.78 Å². The predicted octanol–water partition coefficient (Wildman–Crippen LogP) is -0.841. The van der Waals surface area contributed by atoms with Crippen LogP contribution in [0.1, 0.15) is 29.9 Å². The van der Waals surface area contributed by atoms with Gasteiger partial charge in [0.25, 0.3) is 11.5 Å². The molecule has 9 heteroatoms. The van der Waals surface area contributed by atoms with E-state index in [9.17, 15) is 19.2 Å². The van der Waals surface area contributed by atoms with Crippen molar-refractivity contribution in [3.8, 4) is 0 Å². The maximum Gasteiger partial charge on any atom is 0.325 e. The van der Waals surface area contributed by atoms with E-state index < -0.39 is 11.9 Å². The Bertz CT molecular complexity index is 797. The number of hydrogen-bond acceptors (Lipinski definition) is 5. The normalized spacial score (nSPS) is 19.8. The first-order chi connectivity index (χ1) is 12.0. The van der Waals surface area contributed by atoms with Crippen molar-refractivity contribution < 1.29 is 14.4 Å². The van der Waals surface area contributed by atoms with Gasteiger partial charge in [-0.3, -0.25) is 19.3 Å². The second kappa shape index (κ2) is 5.98. The summed E-state index contributed by atoms with van der Waals surface area (Å²) < 4.78 is 0. The van der Waals surface area contributed by atoms with Gasteiger partial charge in [-0.15, -0.1) is 0 Å². The molecule has 1 aromatic rings.